The van der Waals surface area contributed by atoms with E-state index in [1.54, 1.807) is 6.07 Å². The first-order chi connectivity index (χ1) is 20.8. The molecule has 4 rings (SSSR count). The monoisotopic (exact) mass is 590 g/mol. The lowest BCUT2D eigenvalue weighted by Gasteiger charge is -2.26. The number of hydrogen-bond acceptors (Lipinski definition) is 6. The first kappa shape index (κ1) is 32.0. The standard InChI is InChI=1S/C33H46N6O4/c1-5-7-9-11-13-15-19-38(28-23-29(40)36(3)32(42)34-28)25-17-18-27-24(21-25)22-26-30(35-33(43)37(4)31(26)41)39(27)20-16-14-12-10-8-6-2/h17-18,21-23H,5-16,19-20H2,1-4H3,(H,34,42). The summed E-state index contributed by atoms with van der Waals surface area (Å²) in [6.07, 6.45) is 13.4. The molecule has 43 heavy (non-hydrogen) atoms. The van der Waals surface area contributed by atoms with Gasteiger partial charge < -0.3 is 9.47 Å². The van der Waals surface area contributed by atoms with Crippen LogP contribution in [0.4, 0.5) is 11.5 Å². The lowest BCUT2D eigenvalue weighted by molar-refractivity contribution is 0.561. The Morgan fingerprint density at radius 1 is 0.767 bits per heavy atom. The Hall–Kier alpha value is -3.95. The highest BCUT2D eigenvalue weighted by Gasteiger charge is 2.20. The molecule has 2 aromatic rings. The number of anilines is 2. The number of H-pyrrole nitrogens is 1. The SMILES string of the molecule is CCCCCCCCN(c1ccc2c(c1)cc1c(=O)n(C)c(=O)nc-1n2CCCCCCCC)c1cc(=O)n(C)c(=O)[nH]1. The van der Waals surface area contributed by atoms with Crippen LogP contribution in [0, 0.1) is 0 Å². The van der Waals surface area contributed by atoms with Crippen LogP contribution in [0.1, 0.15) is 90.9 Å². The summed E-state index contributed by atoms with van der Waals surface area (Å²) in [5.41, 5.74) is 0.286. The number of benzene rings is 1. The molecule has 2 aliphatic rings. The van der Waals surface area contributed by atoms with Crippen molar-refractivity contribution >= 4 is 22.4 Å². The summed E-state index contributed by atoms with van der Waals surface area (Å²) in [7, 11) is 2.90. The van der Waals surface area contributed by atoms with Crippen molar-refractivity contribution in [2.45, 2.75) is 97.4 Å². The minimum absolute atomic E-state index is 0.376. The molecule has 0 atom stereocenters. The van der Waals surface area contributed by atoms with E-state index in [0.29, 0.717) is 30.3 Å². The Morgan fingerprint density at radius 2 is 1.42 bits per heavy atom. The molecular formula is C33H46N6O4. The molecule has 0 aliphatic carbocycles. The van der Waals surface area contributed by atoms with E-state index in [1.807, 2.05) is 27.7 Å². The lowest BCUT2D eigenvalue weighted by atomic mass is 10.1. The molecule has 10 heteroatoms. The van der Waals surface area contributed by atoms with Gasteiger partial charge in [-0.05, 0) is 37.1 Å². The number of nitrogens with one attached hydrogen (secondary N) is 1. The minimum atomic E-state index is -0.565. The smallest absolute Gasteiger partial charge is 0.328 e. The normalized spacial score (nSPS) is 11.5. The highest BCUT2D eigenvalue weighted by Crippen LogP contribution is 2.31. The highest BCUT2D eigenvalue weighted by atomic mass is 16.2. The van der Waals surface area contributed by atoms with Crippen molar-refractivity contribution < 1.29 is 0 Å². The van der Waals surface area contributed by atoms with Gasteiger partial charge in [0, 0.05) is 49.8 Å². The predicted octanol–water partition coefficient (Wildman–Crippen LogP) is 5.45. The molecule has 0 unspecified atom stereocenters. The molecule has 0 spiro atoms. The number of pyridine rings is 1. The fourth-order valence-electron chi connectivity index (χ4n) is 5.67. The van der Waals surface area contributed by atoms with Crippen LogP contribution in [0.3, 0.4) is 0 Å². The maximum atomic E-state index is 13.2. The van der Waals surface area contributed by atoms with Crippen molar-refractivity contribution in [3.05, 3.63) is 72.0 Å². The number of aryl methyl sites for hydroxylation is 1. The van der Waals surface area contributed by atoms with Crippen LogP contribution < -0.4 is 27.4 Å². The van der Waals surface area contributed by atoms with Crippen molar-refractivity contribution in [2.75, 3.05) is 11.4 Å². The van der Waals surface area contributed by atoms with Gasteiger partial charge in [-0.15, -0.1) is 0 Å². The second kappa shape index (κ2) is 15.0. The van der Waals surface area contributed by atoms with E-state index in [2.05, 4.69) is 23.8 Å². The van der Waals surface area contributed by atoms with Crippen LogP contribution in [0.2, 0.25) is 0 Å². The summed E-state index contributed by atoms with van der Waals surface area (Å²) in [5, 5.41) is 0.827. The zero-order chi connectivity index (χ0) is 30.9. The summed E-state index contributed by atoms with van der Waals surface area (Å²) >= 11 is 0. The minimum Gasteiger partial charge on any atom is -0.328 e. The molecule has 1 N–H and O–H groups in total. The Morgan fingerprint density at radius 3 is 2.09 bits per heavy atom. The summed E-state index contributed by atoms with van der Waals surface area (Å²) < 4.78 is 4.09. The molecule has 10 nitrogen and oxygen atoms in total. The van der Waals surface area contributed by atoms with Crippen molar-refractivity contribution in [1.82, 2.24) is 23.7 Å². The van der Waals surface area contributed by atoms with E-state index in [9.17, 15) is 19.2 Å². The largest absolute Gasteiger partial charge is 0.352 e. The second-order valence-electron chi connectivity index (χ2n) is 11.6. The van der Waals surface area contributed by atoms with Crippen molar-refractivity contribution in [2.24, 2.45) is 14.1 Å². The van der Waals surface area contributed by atoms with Crippen molar-refractivity contribution in [1.29, 1.82) is 0 Å². The third-order valence-electron chi connectivity index (χ3n) is 8.33. The number of aromatic amines is 1. The Bertz CT molecular complexity index is 1700. The van der Waals surface area contributed by atoms with E-state index in [4.69, 9.17) is 0 Å². The first-order valence-electron chi connectivity index (χ1n) is 15.9. The van der Waals surface area contributed by atoms with Crippen LogP contribution in [-0.2, 0) is 20.6 Å². The summed E-state index contributed by atoms with van der Waals surface area (Å²) in [6, 6.07) is 9.20. The third-order valence-corrected chi connectivity index (χ3v) is 8.33. The maximum absolute atomic E-state index is 13.2. The van der Waals surface area contributed by atoms with Crippen LogP contribution in [-0.4, -0.2) is 30.2 Å². The quantitative estimate of drug-likeness (QED) is 0.137. The van der Waals surface area contributed by atoms with Crippen LogP contribution in [0.25, 0.3) is 22.3 Å². The van der Waals surface area contributed by atoms with E-state index in [0.717, 1.165) is 64.2 Å². The van der Waals surface area contributed by atoms with Gasteiger partial charge in [-0.25, -0.2) is 9.59 Å². The number of fused-ring (bicyclic) bond motifs is 2. The number of hydrogen-bond donors (Lipinski definition) is 1. The molecule has 1 aromatic heterocycles. The lowest BCUT2D eigenvalue weighted by Crippen LogP contribution is -2.36. The van der Waals surface area contributed by atoms with E-state index in [1.165, 1.54) is 58.7 Å². The van der Waals surface area contributed by atoms with Gasteiger partial charge in [0.1, 0.15) is 5.82 Å². The van der Waals surface area contributed by atoms with Gasteiger partial charge in [0.15, 0.2) is 5.82 Å². The zero-order valence-corrected chi connectivity index (χ0v) is 26.2. The second-order valence-corrected chi connectivity index (χ2v) is 11.6. The Labute approximate surface area is 252 Å². The molecule has 0 fully saturated rings. The average Bonchev–Trinajstić information content (AvgIpc) is 2.99. The number of rotatable bonds is 16. The number of unbranched alkanes of at least 4 members (excludes halogenated alkanes) is 10. The Kier molecular flexibility index (Phi) is 11.1. The fourth-order valence-corrected chi connectivity index (χ4v) is 5.67. The van der Waals surface area contributed by atoms with Crippen molar-refractivity contribution in [3.63, 3.8) is 0 Å². The highest BCUT2D eigenvalue weighted by molar-refractivity contribution is 5.89. The summed E-state index contributed by atoms with van der Waals surface area (Å²) in [5.74, 6) is 0.845. The van der Waals surface area contributed by atoms with Gasteiger partial charge in [0.25, 0.3) is 11.1 Å². The molecule has 0 saturated carbocycles. The topological polar surface area (TPSA) is 115 Å². The predicted molar refractivity (Wildman–Crippen MR) is 174 cm³/mol. The molecular weight excluding hydrogens is 544 g/mol. The summed E-state index contributed by atoms with van der Waals surface area (Å²) in [6.45, 7) is 5.65. The van der Waals surface area contributed by atoms with Gasteiger partial charge >= 0.3 is 11.4 Å². The van der Waals surface area contributed by atoms with E-state index in [-0.39, 0.29) is 11.1 Å². The van der Waals surface area contributed by atoms with Gasteiger partial charge in [0.05, 0.1) is 5.56 Å². The van der Waals surface area contributed by atoms with Crippen molar-refractivity contribution in [3.8, 4) is 11.4 Å². The maximum Gasteiger partial charge on any atom is 0.352 e. The molecule has 0 amide bonds. The fraction of sp³-hybridized carbons (Fsp3) is 0.545. The van der Waals surface area contributed by atoms with Gasteiger partial charge in [-0.2, -0.15) is 4.98 Å². The molecule has 0 saturated heterocycles. The third kappa shape index (κ3) is 7.53. The first-order valence-corrected chi connectivity index (χ1v) is 15.9. The number of nitrogens with zero attached hydrogens (tertiary/aromatic N) is 5. The molecule has 3 heterocycles. The molecule has 232 valence electrons. The Balaban J connectivity index is 1.78. The van der Waals surface area contributed by atoms with Gasteiger partial charge in [-0.3, -0.25) is 23.7 Å². The molecule has 2 aliphatic heterocycles. The summed E-state index contributed by atoms with van der Waals surface area (Å²) in [4.78, 5) is 60.0. The van der Waals surface area contributed by atoms with Gasteiger partial charge in [0.2, 0.25) is 0 Å². The average molecular weight is 591 g/mol. The van der Waals surface area contributed by atoms with Crippen LogP contribution in [0.5, 0.6) is 0 Å². The molecule has 0 bridgehead atoms. The number of aromatic nitrogens is 5. The van der Waals surface area contributed by atoms with E-state index < -0.39 is 11.4 Å². The van der Waals surface area contributed by atoms with Crippen LogP contribution in [0.15, 0.2) is 49.5 Å². The van der Waals surface area contributed by atoms with Crippen LogP contribution >= 0.6 is 0 Å². The molecule has 0 radical (unpaired) electrons. The van der Waals surface area contributed by atoms with Gasteiger partial charge in [-0.1, -0.05) is 78.1 Å². The zero-order valence-electron chi connectivity index (χ0n) is 26.2. The molecule has 1 aromatic carbocycles. The van der Waals surface area contributed by atoms with E-state index >= 15 is 0 Å².